The number of carbonyl (C=O) groups is 2. The molecule has 0 radical (unpaired) electrons. The van der Waals surface area contributed by atoms with Gasteiger partial charge in [-0.1, -0.05) is 0 Å². The maximum atomic E-state index is 11.0. The van der Waals surface area contributed by atoms with E-state index in [1.165, 1.54) is 14.1 Å². The van der Waals surface area contributed by atoms with E-state index < -0.39 is 12.1 Å². The minimum Gasteiger partial charge on any atom is -0.368 e. The van der Waals surface area contributed by atoms with E-state index in [0.29, 0.717) is 0 Å². The van der Waals surface area contributed by atoms with Crippen LogP contribution in [0.25, 0.3) is 0 Å². The Hall–Kier alpha value is -2.65. The van der Waals surface area contributed by atoms with Crippen LogP contribution in [0.15, 0.2) is 0 Å². The van der Waals surface area contributed by atoms with Gasteiger partial charge in [-0.15, -0.1) is 0 Å². The molecule has 92 valence electrons. The van der Waals surface area contributed by atoms with Crippen molar-refractivity contribution in [2.75, 3.05) is 30.5 Å². The van der Waals surface area contributed by atoms with Gasteiger partial charge in [0.1, 0.15) is 0 Å². The summed E-state index contributed by atoms with van der Waals surface area (Å²) in [5, 5.41) is 9.23. The average Bonchev–Trinajstić information content (AvgIpc) is 2.27. The molecule has 1 heterocycles. The van der Waals surface area contributed by atoms with Crippen molar-refractivity contribution >= 4 is 29.9 Å². The highest BCUT2D eigenvalue weighted by Gasteiger charge is 2.08. The lowest BCUT2D eigenvalue weighted by molar-refractivity contribution is 0.253. The maximum absolute atomic E-state index is 11.0. The molecule has 4 amide bonds. The summed E-state index contributed by atoms with van der Waals surface area (Å²) >= 11 is 0. The molecule has 1 rings (SSSR count). The Kier molecular flexibility index (Phi) is 3.97. The van der Waals surface area contributed by atoms with Crippen molar-refractivity contribution in [3.05, 3.63) is 0 Å². The smallest absolute Gasteiger partial charge is 0.321 e. The summed E-state index contributed by atoms with van der Waals surface area (Å²) in [5.74, 6) is -0.260. The molecule has 0 aliphatic rings. The second-order valence-corrected chi connectivity index (χ2v) is 2.75. The number of nitrogen functional groups attached to an aromatic ring is 1. The number of amides is 4. The first kappa shape index (κ1) is 12.4. The van der Waals surface area contributed by atoms with Crippen LogP contribution in [0.5, 0.6) is 0 Å². The van der Waals surface area contributed by atoms with E-state index in [9.17, 15) is 9.59 Å². The van der Waals surface area contributed by atoms with Crippen molar-refractivity contribution in [1.29, 1.82) is 0 Å². The lowest BCUT2D eigenvalue weighted by Crippen LogP contribution is -2.28. The van der Waals surface area contributed by atoms with Crippen molar-refractivity contribution < 1.29 is 9.59 Å². The van der Waals surface area contributed by atoms with Gasteiger partial charge in [0.05, 0.1) is 0 Å². The summed E-state index contributed by atoms with van der Waals surface area (Å²) in [5.41, 5.74) is 5.39. The van der Waals surface area contributed by atoms with E-state index in [1.54, 1.807) is 0 Å². The number of nitrogens with zero attached hydrogens (tertiary/aromatic N) is 3. The van der Waals surface area contributed by atoms with Gasteiger partial charge in [-0.25, -0.2) is 9.59 Å². The topological polar surface area (TPSA) is 147 Å². The highest BCUT2D eigenvalue weighted by molar-refractivity contribution is 5.89. The molecule has 1 aromatic heterocycles. The lowest BCUT2D eigenvalue weighted by atomic mass is 10.7. The van der Waals surface area contributed by atoms with Crippen LogP contribution in [0.3, 0.4) is 0 Å². The number of hydrogen-bond donors (Lipinski definition) is 5. The van der Waals surface area contributed by atoms with Crippen LogP contribution in [-0.4, -0.2) is 41.1 Å². The molecule has 6 N–H and O–H groups in total. The summed E-state index contributed by atoms with van der Waals surface area (Å²) in [6.07, 6.45) is 0. The fourth-order valence-electron chi connectivity index (χ4n) is 0.832. The van der Waals surface area contributed by atoms with Crippen molar-refractivity contribution in [2.24, 2.45) is 0 Å². The van der Waals surface area contributed by atoms with Crippen LogP contribution in [-0.2, 0) is 0 Å². The molecule has 0 aliphatic carbocycles. The number of anilines is 3. The van der Waals surface area contributed by atoms with E-state index in [4.69, 9.17) is 5.73 Å². The molecule has 0 aromatic carbocycles. The zero-order valence-corrected chi connectivity index (χ0v) is 9.24. The highest BCUT2D eigenvalue weighted by Crippen LogP contribution is 2.06. The molecular formula is C7H12N8O2. The molecule has 10 heteroatoms. The van der Waals surface area contributed by atoms with Gasteiger partial charge < -0.3 is 16.4 Å². The second kappa shape index (κ2) is 5.44. The van der Waals surface area contributed by atoms with E-state index >= 15 is 0 Å². The number of rotatable bonds is 2. The highest BCUT2D eigenvalue weighted by atomic mass is 16.2. The fourth-order valence-corrected chi connectivity index (χ4v) is 0.832. The first-order valence-corrected chi connectivity index (χ1v) is 4.54. The molecule has 0 unspecified atom stereocenters. The monoisotopic (exact) mass is 240 g/mol. The Morgan fingerprint density at radius 2 is 1.35 bits per heavy atom. The normalized spacial score (nSPS) is 9.29. The van der Waals surface area contributed by atoms with Crippen molar-refractivity contribution in [3.8, 4) is 0 Å². The van der Waals surface area contributed by atoms with Gasteiger partial charge in [0.2, 0.25) is 17.8 Å². The molecule has 0 atom stereocenters. The molecule has 0 spiro atoms. The van der Waals surface area contributed by atoms with Crippen molar-refractivity contribution in [2.45, 2.75) is 0 Å². The summed E-state index contributed by atoms with van der Waals surface area (Å²) in [4.78, 5) is 33.1. The summed E-state index contributed by atoms with van der Waals surface area (Å²) in [7, 11) is 2.87. The summed E-state index contributed by atoms with van der Waals surface area (Å²) < 4.78 is 0. The zero-order valence-electron chi connectivity index (χ0n) is 9.24. The second-order valence-electron chi connectivity index (χ2n) is 2.75. The van der Waals surface area contributed by atoms with Gasteiger partial charge in [-0.05, 0) is 0 Å². The van der Waals surface area contributed by atoms with Crippen LogP contribution in [0.4, 0.5) is 27.4 Å². The molecule has 0 aliphatic heterocycles. The molecule has 0 fully saturated rings. The molecular weight excluding hydrogens is 228 g/mol. The fraction of sp³-hybridized carbons (Fsp3) is 0.286. The molecule has 17 heavy (non-hydrogen) atoms. The minimum atomic E-state index is -0.513. The molecule has 0 saturated carbocycles. The number of urea groups is 2. The van der Waals surface area contributed by atoms with Gasteiger partial charge in [0.25, 0.3) is 0 Å². The number of nitrogens with two attached hydrogens (primary N) is 1. The summed E-state index contributed by atoms with van der Waals surface area (Å²) in [6.45, 7) is 0. The van der Waals surface area contributed by atoms with E-state index in [0.717, 1.165) is 0 Å². The molecule has 0 bridgehead atoms. The van der Waals surface area contributed by atoms with E-state index in [2.05, 4.69) is 36.2 Å². The summed E-state index contributed by atoms with van der Waals surface area (Å²) in [6, 6.07) is -1.03. The minimum absolute atomic E-state index is 0.0664. The average molecular weight is 240 g/mol. The van der Waals surface area contributed by atoms with Crippen LogP contribution < -0.4 is 27.0 Å². The predicted octanol–water partition coefficient (Wildman–Crippen LogP) is -1.04. The third-order valence-corrected chi connectivity index (χ3v) is 1.56. The molecule has 1 aromatic rings. The quantitative estimate of drug-likeness (QED) is 0.446. The third kappa shape index (κ3) is 3.77. The van der Waals surface area contributed by atoms with Gasteiger partial charge >= 0.3 is 12.1 Å². The predicted molar refractivity (Wildman–Crippen MR) is 60.4 cm³/mol. The van der Waals surface area contributed by atoms with Crippen LogP contribution in [0, 0.1) is 0 Å². The third-order valence-electron chi connectivity index (χ3n) is 1.56. The Morgan fingerprint density at radius 3 is 1.71 bits per heavy atom. The van der Waals surface area contributed by atoms with Gasteiger partial charge in [0.15, 0.2) is 0 Å². The SMILES string of the molecule is CNC(=O)Nc1nc(N)nc(NC(=O)NC)n1. The van der Waals surface area contributed by atoms with Crippen molar-refractivity contribution in [3.63, 3.8) is 0 Å². The Morgan fingerprint density at radius 1 is 0.941 bits per heavy atom. The Labute approximate surface area is 96.4 Å². The van der Waals surface area contributed by atoms with Gasteiger partial charge in [0, 0.05) is 14.1 Å². The van der Waals surface area contributed by atoms with E-state index in [-0.39, 0.29) is 17.8 Å². The van der Waals surface area contributed by atoms with E-state index in [1.807, 2.05) is 0 Å². The Bertz CT molecular complexity index is 398. The van der Waals surface area contributed by atoms with Crippen molar-refractivity contribution in [1.82, 2.24) is 25.6 Å². The van der Waals surface area contributed by atoms with Crippen LogP contribution >= 0.6 is 0 Å². The first-order chi connectivity index (χ1) is 8.05. The van der Waals surface area contributed by atoms with Gasteiger partial charge in [-0.3, -0.25) is 10.6 Å². The zero-order chi connectivity index (χ0) is 12.8. The molecule has 0 saturated heterocycles. The Balaban J connectivity index is 2.86. The standard InChI is InChI=1S/C7H12N8O2/c1-9-6(16)14-4-11-3(8)12-5(13-4)15-7(17)10-2/h1-2H3,(H6,8,9,10,11,12,13,14,15,16,17). The molecule has 10 nitrogen and oxygen atoms in total. The first-order valence-electron chi connectivity index (χ1n) is 4.54. The number of carbonyl (C=O) groups excluding carboxylic acids is 2. The number of nitrogens with one attached hydrogen (secondary N) is 4. The number of aromatic nitrogens is 3. The lowest BCUT2D eigenvalue weighted by Gasteiger charge is -2.06. The largest absolute Gasteiger partial charge is 0.368 e. The van der Waals surface area contributed by atoms with Crippen LogP contribution in [0.2, 0.25) is 0 Å². The number of hydrogen-bond acceptors (Lipinski definition) is 6. The van der Waals surface area contributed by atoms with Gasteiger partial charge in [-0.2, -0.15) is 15.0 Å². The van der Waals surface area contributed by atoms with Crippen LogP contribution in [0.1, 0.15) is 0 Å². The maximum Gasteiger partial charge on any atom is 0.321 e.